The number of amides is 1. The molecule has 0 spiro atoms. The summed E-state index contributed by atoms with van der Waals surface area (Å²) < 4.78 is 2.82. The van der Waals surface area contributed by atoms with E-state index in [4.69, 9.17) is 0 Å². The van der Waals surface area contributed by atoms with E-state index >= 15 is 0 Å². The van der Waals surface area contributed by atoms with Crippen LogP contribution in [0.15, 0.2) is 47.5 Å². The molecule has 8 nitrogen and oxygen atoms in total. The Kier molecular flexibility index (Phi) is 4.92. The minimum Gasteiger partial charge on any atom is -0.350 e. The second kappa shape index (κ2) is 7.30. The van der Waals surface area contributed by atoms with Crippen LogP contribution in [-0.2, 0) is 11.3 Å². The molecule has 1 N–H and O–H groups in total. The molecule has 1 unspecified atom stereocenters. The van der Waals surface area contributed by atoms with Gasteiger partial charge < -0.3 is 5.32 Å². The number of nitrogens with zero attached hydrogens (tertiary/aromatic N) is 5. The lowest BCUT2D eigenvalue weighted by Crippen LogP contribution is -2.37. The van der Waals surface area contributed by atoms with Crippen LogP contribution in [0, 0.1) is 13.8 Å². The van der Waals surface area contributed by atoms with Gasteiger partial charge in [-0.25, -0.2) is 9.36 Å². The summed E-state index contributed by atoms with van der Waals surface area (Å²) >= 11 is 0. The smallest absolute Gasteiger partial charge is 0.267 e. The fourth-order valence-electron chi connectivity index (χ4n) is 2.62. The van der Waals surface area contributed by atoms with Crippen LogP contribution < -0.4 is 10.9 Å². The first kappa shape index (κ1) is 17.5. The predicted octanol–water partition coefficient (Wildman–Crippen LogP) is 1.32. The van der Waals surface area contributed by atoms with Gasteiger partial charge in [0.2, 0.25) is 5.91 Å². The molecule has 0 saturated carbocycles. The molecule has 0 aliphatic rings. The number of pyridine rings is 1. The first-order valence-electron chi connectivity index (χ1n) is 8.26. The van der Waals surface area contributed by atoms with Crippen molar-refractivity contribution in [1.29, 1.82) is 0 Å². The minimum atomic E-state index is -0.749. The minimum absolute atomic E-state index is 0.290. The third-order valence-electron chi connectivity index (χ3n) is 4.00. The van der Waals surface area contributed by atoms with Crippen LogP contribution in [0.2, 0.25) is 0 Å². The summed E-state index contributed by atoms with van der Waals surface area (Å²) in [6.07, 6.45) is 3.32. The van der Waals surface area contributed by atoms with Gasteiger partial charge in [0.1, 0.15) is 6.04 Å². The van der Waals surface area contributed by atoms with E-state index in [1.165, 1.54) is 10.7 Å². The van der Waals surface area contributed by atoms with Crippen LogP contribution in [0.5, 0.6) is 0 Å². The van der Waals surface area contributed by atoms with Crippen LogP contribution in [0.4, 0.5) is 0 Å². The molecule has 1 amide bonds. The van der Waals surface area contributed by atoms with Crippen molar-refractivity contribution < 1.29 is 4.79 Å². The Labute approximate surface area is 150 Å². The largest absolute Gasteiger partial charge is 0.350 e. The van der Waals surface area contributed by atoms with Crippen molar-refractivity contribution >= 4 is 5.91 Å². The first-order valence-corrected chi connectivity index (χ1v) is 8.26. The number of hydrogen-bond donors (Lipinski definition) is 1. The van der Waals surface area contributed by atoms with Gasteiger partial charge in [-0.1, -0.05) is 0 Å². The van der Waals surface area contributed by atoms with Gasteiger partial charge in [0.15, 0.2) is 5.82 Å². The zero-order chi connectivity index (χ0) is 18.7. The number of aromatic nitrogens is 5. The molecule has 0 aromatic carbocycles. The number of carbonyl (C=O) groups is 1. The molecular weight excluding hydrogens is 332 g/mol. The maximum atomic E-state index is 12.4. The zero-order valence-electron chi connectivity index (χ0n) is 14.9. The van der Waals surface area contributed by atoms with Gasteiger partial charge in [0.05, 0.1) is 5.69 Å². The highest BCUT2D eigenvalue weighted by Gasteiger charge is 2.18. The Hall–Kier alpha value is -3.29. The Morgan fingerprint density at radius 1 is 1.15 bits per heavy atom. The Morgan fingerprint density at radius 2 is 1.88 bits per heavy atom. The summed E-state index contributed by atoms with van der Waals surface area (Å²) in [7, 11) is 0. The highest BCUT2D eigenvalue weighted by atomic mass is 16.2. The fourth-order valence-corrected chi connectivity index (χ4v) is 2.62. The molecule has 134 valence electrons. The summed E-state index contributed by atoms with van der Waals surface area (Å²) in [6.45, 7) is 5.79. The number of aryl methyl sites for hydroxylation is 2. The molecule has 3 aromatic heterocycles. The molecule has 26 heavy (non-hydrogen) atoms. The molecule has 0 aliphatic carbocycles. The van der Waals surface area contributed by atoms with Crippen LogP contribution in [0.3, 0.4) is 0 Å². The molecule has 3 heterocycles. The summed E-state index contributed by atoms with van der Waals surface area (Å²) in [5, 5.41) is 11.5. The molecule has 3 aromatic rings. The maximum absolute atomic E-state index is 12.4. The van der Waals surface area contributed by atoms with E-state index in [1.807, 2.05) is 32.0 Å². The molecule has 0 saturated heterocycles. The fraction of sp³-hybridized carbons (Fsp3) is 0.278. The van der Waals surface area contributed by atoms with Crippen molar-refractivity contribution in [1.82, 2.24) is 29.9 Å². The first-order chi connectivity index (χ1) is 12.5. The quantitative estimate of drug-likeness (QED) is 0.747. The second-order valence-corrected chi connectivity index (χ2v) is 6.06. The average Bonchev–Trinajstić information content (AvgIpc) is 2.98. The Morgan fingerprint density at radius 3 is 2.54 bits per heavy atom. The molecule has 0 fully saturated rings. The van der Waals surface area contributed by atoms with Crippen molar-refractivity contribution in [2.75, 3.05) is 0 Å². The van der Waals surface area contributed by atoms with Crippen molar-refractivity contribution in [3.8, 4) is 5.82 Å². The lowest BCUT2D eigenvalue weighted by molar-refractivity contribution is -0.124. The third-order valence-corrected chi connectivity index (χ3v) is 4.00. The monoisotopic (exact) mass is 352 g/mol. The highest BCUT2D eigenvalue weighted by Crippen LogP contribution is 2.09. The van der Waals surface area contributed by atoms with Crippen molar-refractivity contribution in [2.45, 2.75) is 33.4 Å². The van der Waals surface area contributed by atoms with E-state index in [0.717, 1.165) is 17.0 Å². The highest BCUT2D eigenvalue weighted by molar-refractivity contribution is 5.79. The molecule has 0 radical (unpaired) electrons. The van der Waals surface area contributed by atoms with Gasteiger partial charge in [-0.3, -0.25) is 14.6 Å². The molecular formula is C18H20N6O2. The zero-order valence-corrected chi connectivity index (χ0v) is 14.9. The van der Waals surface area contributed by atoms with Gasteiger partial charge in [-0.05, 0) is 50.6 Å². The van der Waals surface area contributed by atoms with E-state index in [1.54, 1.807) is 30.1 Å². The average molecular weight is 352 g/mol. The van der Waals surface area contributed by atoms with Crippen LogP contribution in [0.25, 0.3) is 5.82 Å². The lowest BCUT2D eigenvalue weighted by Gasteiger charge is -2.15. The standard InChI is InChI=1S/C18H20N6O2/c1-12-10-13(2)23(21-12)16-4-5-17(25)24(22-16)14(3)18(26)20-11-15-6-8-19-9-7-15/h4-10,14H,11H2,1-3H3,(H,20,26). The predicted molar refractivity (Wildman–Crippen MR) is 95.9 cm³/mol. The number of nitrogens with one attached hydrogen (secondary N) is 1. The number of carbonyl (C=O) groups excluding carboxylic acids is 1. The summed E-state index contributed by atoms with van der Waals surface area (Å²) in [4.78, 5) is 28.6. The van der Waals surface area contributed by atoms with Crippen molar-refractivity contribution in [3.63, 3.8) is 0 Å². The van der Waals surface area contributed by atoms with Gasteiger partial charge in [0, 0.05) is 30.7 Å². The Bertz CT molecular complexity index is 977. The Balaban J connectivity index is 1.81. The van der Waals surface area contributed by atoms with Gasteiger partial charge >= 0.3 is 0 Å². The summed E-state index contributed by atoms with van der Waals surface area (Å²) in [5.41, 5.74) is 2.33. The molecule has 0 aliphatic heterocycles. The molecule has 8 heteroatoms. The summed E-state index contributed by atoms with van der Waals surface area (Å²) in [6, 6.07) is 7.80. The molecule has 1 atom stereocenters. The normalized spacial score (nSPS) is 12.0. The van der Waals surface area contributed by atoms with Gasteiger partial charge in [-0.2, -0.15) is 5.10 Å². The second-order valence-electron chi connectivity index (χ2n) is 6.06. The van der Waals surface area contributed by atoms with Crippen molar-refractivity contribution in [3.05, 3.63) is 70.0 Å². The van der Waals surface area contributed by atoms with E-state index in [0.29, 0.717) is 12.4 Å². The van der Waals surface area contributed by atoms with E-state index in [9.17, 15) is 9.59 Å². The SMILES string of the molecule is Cc1cc(C)n(-c2ccc(=O)n(C(C)C(=O)NCc3ccncc3)n2)n1. The van der Waals surface area contributed by atoms with Crippen molar-refractivity contribution in [2.24, 2.45) is 0 Å². The van der Waals surface area contributed by atoms with E-state index < -0.39 is 6.04 Å². The van der Waals surface area contributed by atoms with Crippen LogP contribution in [-0.4, -0.2) is 30.5 Å². The number of rotatable bonds is 5. The van der Waals surface area contributed by atoms with Crippen LogP contribution >= 0.6 is 0 Å². The van der Waals surface area contributed by atoms with E-state index in [-0.39, 0.29) is 11.5 Å². The number of hydrogen-bond acceptors (Lipinski definition) is 5. The van der Waals surface area contributed by atoms with E-state index in [2.05, 4.69) is 20.5 Å². The van der Waals surface area contributed by atoms with Gasteiger partial charge in [-0.15, -0.1) is 5.10 Å². The molecule has 3 rings (SSSR count). The summed E-state index contributed by atoms with van der Waals surface area (Å²) in [5.74, 6) is 0.200. The lowest BCUT2D eigenvalue weighted by atomic mass is 10.2. The maximum Gasteiger partial charge on any atom is 0.267 e. The topological polar surface area (TPSA) is 94.7 Å². The molecule has 0 bridgehead atoms. The third kappa shape index (κ3) is 3.69. The van der Waals surface area contributed by atoms with Gasteiger partial charge in [0.25, 0.3) is 5.56 Å². The van der Waals surface area contributed by atoms with Crippen LogP contribution in [0.1, 0.15) is 29.9 Å².